The number of nitrogens with zero attached hydrogens (tertiary/aromatic N) is 1. The number of H-pyrrole nitrogens is 1. The third-order valence-corrected chi connectivity index (χ3v) is 1.60. The van der Waals surface area contributed by atoms with Crippen LogP contribution in [0.5, 0.6) is 0 Å². The summed E-state index contributed by atoms with van der Waals surface area (Å²) in [7, 11) is 0. The Balaban J connectivity index is 2.37. The summed E-state index contributed by atoms with van der Waals surface area (Å²) in [5, 5.41) is 0. The highest BCUT2D eigenvalue weighted by atomic mass is 16.1. The van der Waals surface area contributed by atoms with Gasteiger partial charge in [-0.3, -0.25) is 9.78 Å². The van der Waals surface area contributed by atoms with Crippen LogP contribution in [0.4, 0.5) is 0 Å². The van der Waals surface area contributed by atoms with Gasteiger partial charge in [0.05, 0.1) is 0 Å². The highest BCUT2D eigenvalue weighted by Crippen LogP contribution is 1.99. The van der Waals surface area contributed by atoms with Crippen molar-refractivity contribution >= 4 is 5.78 Å². The number of carbonyl (C=O) groups is 1. The first kappa shape index (κ1) is 8.97. The van der Waals surface area contributed by atoms with Gasteiger partial charge in [0, 0.05) is 6.42 Å². The zero-order chi connectivity index (χ0) is 8.97. The molecule has 0 saturated heterocycles. The molecule has 0 aliphatic carbocycles. The largest absolute Gasteiger partial charge is 0.295 e. The van der Waals surface area contributed by atoms with Crippen LogP contribution in [0.2, 0.25) is 0 Å². The summed E-state index contributed by atoms with van der Waals surface area (Å²) in [6.07, 6.45) is 6.12. The second-order valence-electron chi connectivity index (χ2n) is 3.42. The quantitative estimate of drug-likeness (QED) is 0.665. The molecule has 1 N–H and O–H groups in total. The van der Waals surface area contributed by atoms with E-state index in [9.17, 15) is 4.79 Å². The van der Waals surface area contributed by atoms with E-state index in [1.165, 1.54) is 0 Å². The number of imidazole rings is 1. The molecule has 0 atom stereocenters. The van der Waals surface area contributed by atoms with Crippen LogP contribution in [-0.2, 0) is 11.3 Å². The predicted molar refractivity (Wildman–Crippen MR) is 45.4 cm³/mol. The molecule has 66 valence electrons. The number of hydrogen-bond acceptors (Lipinski definition) is 1. The lowest BCUT2D eigenvalue weighted by Gasteiger charge is -2.00. The summed E-state index contributed by atoms with van der Waals surface area (Å²) in [5.41, 5.74) is 0. The van der Waals surface area contributed by atoms with Gasteiger partial charge >= 0.3 is 0 Å². The van der Waals surface area contributed by atoms with Crippen LogP contribution in [-0.4, -0.2) is 10.8 Å². The van der Waals surface area contributed by atoms with Gasteiger partial charge in [0.15, 0.2) is 5.78 Å². The minimum atomic E-state index is 0.287. The van der Waals surface area contributed by atoms with Gasteiger partial charge < -0.3 is 0 Å². The third kappa shape index (κ3) is 2.86. The van der Waals surface area contributed by atoms with E-state index in [0.717, 1.165) is 0 Å². The molecule has 0 saturated carbocycles. The predicted octanol–water partition coefficient (Wildman–Crippen LogP) is 0.917. The monoisotopic (exact) mass is 167 g/mol. The first-order chi connectivity index (χ1) is 5.68. The molecule has 0 amide bonds. The third-order valence-electron chi connectivity index (χ3n) is 1.60. The summed E-state index contributed by atoms with van der Waals surface area (Å²) in [5.74, 6) is 0.742. The first-order valence-corrected chi connectivity index (χ1v) is 4.22. The molecule has 0 bridgehead atoms. The number of aromatic nitrogens is 2. The van der Waals surface area contributed by atoms with E-state index in [1.807, 2.05) is 17.0 Å². The molecule has 1 aromatic heterocycles. The Morgan fingerprint density at radius 1 is 1.58 bits per heavy atom. The van der Waals surface area contributed by atoms with Gasteiger partial charge in [-0.25, -0.2) is 4.57 Å². The van der Waals surface area contributed by atoms with Gasteiger partial charge in [-0.2, -0.15) is 0 Å². The average molecular weight is 167 g/mol. The maximum Gasteiger partial charge on any atom is 0.241 e. The number of rotatable bonds is 4. The van der Waals surface area contributed by atoms with Crippen LogP contribution in [0, 0.1) is 5.92 Å². The fraction of sp³-hybridized carbons (Fsp3) is 0.556. The normalized spacial score (nSPS) is 10.6. The van der Waals surface area contributed by atoms with Crippen LogP contribution >= 0.6 is 0 Å². The van der Waals surface area contributed by atoms with E-state index >= 15 is 0 Å². The smallest absolute Gasteiger partial charge is 0.241 e. The number of nitrogens with one attached hydrogen (secondary N) is 1. The van der Waals surface area contributed by atoms with Crippen molar-refractivity contribution in [1.29, 1.82) is 0 Å². The molecule has 3 heteroatoms. The van der Waals surface area contributed by atoms with Gasteiger partial charge in [-0.15, -0.1) is 0 Å². The van der Waals surface area contributed by atoms with Crippen LogP contribution < -0.4 is 4.57 Å². The second-order valence-corrected chi connectivity index (χ2v) is 3.42. The fourth-order valence-corrected chi connectivity index (χ4v) is 1.14. The lowest BCUT2D eigenvalue weighted by molar-refractivity contribution is -0.683. The summed E-state index contributed by atoms with van der Waals surface area (Å²) in [6, 6.07) is 0. The van der Waals surface area contributed by atoms with Crippen molar-refractivity contribution in [2.24, 2.45) is 5.92 Å². The SMILES string of the molecule is CC(C)CC(=O)C[n+]1cc[nH]c1. The van der Waals surface area contributed by atoms with Gasteiger partial charge in [0.25, 0.3) is 0 Å². The van der Waals surface area contributed by atoms with Crippen molar-refractivity contribution < 1.29 is 9.36 Å². The van der Waals surface area contributed by atoms with Crippen LogP contribution in [0.15, 0.2) is 18.7 Å². The summed E-state index contributed by atoms with van der Waals surface area (Å²) in [4.78, 5) is 14.2. The van der Waals surface area contributed by atoms with E-state index in [0.29, 0.717) is 18.9 Å². The molecule has 0 spiro atoms. The molecule has 0 aliphatic heterocycles. The Morgan fingerprint density at radius 2 is 2.33 bits per heavy atom. The molecule has 1 heterocycles. The minimum Gasteiger partial charge on any atom is -0.295 e. The zero-order valence-corrected chi connectivity index (χ0v) is 7.58. The summed E-state index contributed by atoms with van der Waals surface area (Å²) in [6.45, 7) is 4.60. The van der Waals surface area contributed by atoms with Crippen LogP contribution in [0.25, 0.3) is 0 Å². The maximum atomic E-state index is 11.3. The van der Waals surface area contributed by atoms with E-state index in [4.69, 9.17) is 0 Å². The number of Topliss-reactive ketones (excluding diaryl/α,β-unsaturated/α-hetero) is 1. The highest BCUT2D eigenvalue weighted by molar-refractivity contribution is 5.77. The summed E-state index contributed by atoms with van der Waals surface area (Å²) >= 11 is 0. The Morgan fingerprint density at radius 3 is 2.83 bits per heavy atom. The molecule has 1 rings (SSSR count). The van der Waals surface area contributed by atoms with Crippen molar-refractivity contribution in [2.45, 2.75) is 26.8 Å². The summed E-state index contributed by atoms with van der Waals surface area (Å²) < 4.78 is 1.85. The van der Waals surface area contributed by atoms with E-state index < -0.39 is 0 Å². The molecule has 0 fully saturated rings. The molecule has 0 radical (unpaired) electrons. The average Bonchev–Trinajstić information content (AvgIpc) is 2.37. The first-order valence-electron chi connectivity index (χ1n) is 4.22. The van der Waals surface area contributed by atoms with Gasteiger partial charge in [0.2, 0.25) is 6.33 Å². The Bertz CT molecular complexity index is 239. The minimum absolute atomic E-state index is 0.287. The van der Waals surface area contributed by atoms with Crippen molar-refractivity contribution in [2.75, 3.05) is 0 Å². The van der Waals surface area contributed by atoms with Crippen LogP contribution in [0.3, 0.4) is 0 Å². The van der Waals surface area contributed by atoms with Gasteiger partial charge in [0.1, 0.15) is 18.9 Å². The van der Waals surface area contributed by atoms with E-state index in [-0.39, 0.29) is 5.78 Å². The lowest BCUT2D eigenvalue weighted by Crippen LogP contribution is -2.35. The van der Waals surface area contributed by atoms with Crippen molar-refractivity contribution in [3.63, 3.8) is 0 Å². The molecule has 12 heavy (non-hydrogen) atoms. The number of carbonyl (C=O) groups excluding carboxylic acids is 1. The highest BCUT2D eigenvalue weighted by Gasteiger charge is 2.08. The maximum absolute atomic E-state index is 11.3. The molecule has 0 aromatic carbocycles. The number of hydrogen-bond donors (Lipinski definition) is 1. The van der Waals surface area contributed by atoms with Gasteiger partial charge in [-0.05, 0) is 5.92 Å². The van der Waals surface area contributed by atoms with Crippen LogP contribution in [0.1, 0.15) is 20.3 Å². The molecular formula is C9H15N2O+. The molecule has 0 unspecified atom stereocenters. The standard InChI is InChI=1S/C9H14N2O/c1-8(2)5-9(12)6-11-4-3-10-7-11/h3-4,7-8H,5-6H2,1-2H3/p+1. The second kappa shape index (κ2) is 4.04. The Labute approximate surface area is 72.4 Å². The Hall–Kier alpha value is -1.12. The fourth-order valence-electron chi connectivity index (χ4n) is 1.14. The topological polar surface area (TPSA) is 36.7 Å². The van der Waals surface area contributed by atoms with Crippen molar-refractivity contribution in [3.8, 4) is 0 Å². The number of aromatic amines is 1. The van der Waals surface area contributed by atoms with Crippen molar-refractivity contribution in [1.82, 2.24) is 4.98 Å². The Kier molecular flexibility index (Phi) is 3.02. The van der Waals surface area contributed by atoms with Gasteiger partial charge in [-0.1, -0.05) is 13.8 Å². The van der Waals surface area contributed by atoms with Crippen molar-refractivity contribution in [3.05, 3.63) is 18.7 Å². The molecule has 0 aliphatic rings. The zero-order valence-electron chi connectivity index (χ0n) is 7.58. The van der Waals surface area contributed by atoms with E-state index in [2.05, 4.69) is 18.8 Å². The van der Waals surface area contributed by atoms with E-state index in [1.54, 1.807) is 6.33 Å². The molecule has 1 aromatic rings. The molecule has 3 nitrogen and oxygen atoms in total. The number of ketones is 1. The molecular weight excluding hydrogens is 152 g/mol. The lowest BCUT2D eigenvalue weighted by atomic mass is 10.1.